The van der Waals surface area contributed by atoms with Crippen LogP contribution in [0.3, 0.4) is 0 Å². The van der Waals surface area contributed by atoms with E-state index in [4.69, 9.17) is 30.6 Å². The van der Waals surface area contributed by atoms with Gasteiger partial charge < -0.3 is 19.0 Å². The lowest BCUT2D eigenvalue weighted by Gasteiger charge is -2.25. The van der Waals surface area contributed by atoms with E-state index in [2.05, 4.69) is 12.1 Å². The third-order valence-corrected chi connectivity index (χ3v) is 5.15. The standard InChI is InChI=1S/C23H32ClNO5/c1-5-6-11-27-20-14-28-25-21(20)17-13-16(24)9-10-18(17)29-19(12-15-7-8-15)22(26)30-23(2,3)4/h9-10,13,15,19-20H,5-8,11-12,14H2,1-4H3/t19-,20+/m0/s1. The molecule has 0 radical (unpaired) electrons. The minimum atomic E-state index is -0.681. The Bertz CT molecular complexity index is 769. The lowest BCUT2D eigenvalue weighted by molar-refractivity contribution is -0.164. The monoisotopic (exact) mass is 437 g/mol. The van der Waals surface area contributed by atoms with E-state index in [1.807, 2.05) is 20.8 Å². The van der Waals surface area contributed by atoms with Crippen molar-refractivity contribution in [2.45, 2.75) is 77.6 Å². The van der Waals surface area contributed by atoms with Crippen LogP contribution in [0.2, 0.25) is 5.02 Å². The first-order chi connectivity index (χ1) is 14.3. The predicted octanol–water partition coefficient (Wildman–Crippen LogP) is 5.15. The molecule has 30 heavy (non-hydrogen) atoms. The maximum atomic E-state index is 12.8. The van der Waals surface area contributed by atoms with E-state index in [-0.39, 0.29) is 12.1 Å². The molecular weight excluding hydrogens is 406 g/mol. The average Bonchev–Trinajstić information content (AvgIpc) is 3.36. The molecule has 7 heteroatoms. The quantitative estimate of drug-likeness (QED) is 0.374. The van der Waals surface area contributed by atoms with Gasteiger partial charge >= 0.3 is 5.97 Å². The first kappa shape index (κ1) is 22.9. The number of nitrogens with zero attached hydrogens (tertiary/aromatic N) is 1. The summed E-state index contributed by atoms with van der Waals surface area (Å²) in [7, 11) is 0. The maximum absolute atomic E-state index is 12.8. The number of hydrogen-bond acceptors (Lipinski definition) is 6. The summed E-state index contributed by atoms with van der Waals surface area (Å²) in [5.74, 6) is 0.676. The Kier molecular flexibility index (Phi) is 7.64. The summed E-state index contributed by atoms with van der Waals surface area (Å²) in [5, 5.41) is 4.74. The van der Waals surface area contributed by atoms with Gasteiger partial charge in [-0.3, -0.25) is 0 Å². The molecule has 3 rings (SSSR count). The zero-order chi connectivity index (χ0) is 21.7. The molecule has 6 nitrogen and oxygen atoms in total. The zero-order valence-corrected chi connectivity index (χ0v) is 19.0. The number of carbonyl (C=O) groups is 1. The molecule has 0 unspecified atom stereocenters. The van der Waals surface area contributed by atoms with E-state index >= 15 is 0 Å². The second-order valence-electron chi connectivity index (χ2n) is 8.94. The number of benzene rings is 1. The third-order valence-electron chi connectivity index (χ3n) is 4.91. The number of ether oxygens (including phenoxy) is 3. The van der Waals surface area contributed by atoms with Crippen LogP contribution in [-0.2, 0) is 19.1 Å². The highest BCUT2D eigenvalue weighted by Gasteiger charge is 2.35. The highest BCUT2D eigenvalue weighted by atomic mass is 35.5. The highest BCUT2D eigenvalue weighted by molar-refractivity contribution is 6.31. The van der Waals surface area contributed by atoms with E-state index in [9.17, 15) is 4.79 Å². The van der Waals surface area contributed by atoms with Gasteiger partial charge in [0.05, 0.1) is 0 Å². The Hall–Kier alpha value is -1.79. The van der Waals surface area contributed by atoms with Crippen molar-refractivity contribution in [3.8, 4) is 5.75 Å². The number of halogens is 1. The van der Waals surface area contributed by atoms with Crippen molar-refractivity contribution >= 4 is 23.3 Å². The van der Waals surface area contributed by atoms with Gasteiger partial charge in [0.15, 0.2) is 6.10 Å². The van der Waals surface area contributed by atoms with Crippen molar-refractivity contribution in [3.05, 3.63) is 28.8 Å². The topological polar surface area (TPSA) is 66.3 Å². The molecule has 0 spiro atoms. The lowest BCUT2D eigenvalue weighted by atomic mass is 10.0. The van der Waals surface area contributed by atoms with Crippen molar-refractivity contribution < 1.29 is 23.8 Å². The first-order valence-corrected chi connectivity index (χ1v) is 11.2. The van der Waals surface area contributed by atoms with Gasteiger partial charge in [0.1, 0.15) is 29.8 Å². The van der Waals surface area contributed by atoms with Crippen LogP contribution >= 0.6 is 11.6 Å². The normalized spacial score (nSPS) is 19.8. The molecular formula is C23H32ClNO5. The van der Waals surface area contributed by atoms with E-state index in [0.29, 0.717) is 47.6 Å². The van der Waals surface area contributed by atoms with Gasteiger partial charge in [0, 0.05) is 17.2 Å². The van der Waals surface area contributed by atoms with Crippen molar-refractivity contribution in [1.29, 1.82) is 0 Å². The second kappa shape index (κ2) is 10.0. The Morgan fingerprint density at radius 3 is 2.77 bits per heavy atom. The van der Waals surface area contributed by atoms with Crippen LogP contribution < -0.4 is 4.74 Å². The van der Waals surface area contributed by atoms with Crippen LogP contribution in [0.5, 0.6) is 5.75 Å². The highest BCUT2D eigenvalue weighted by Crippen LogP contribution is 2.36. The van der Waals surface area contributed by atoms with E-state index in [1.165, 1.54) is 0 Å². The summed E-state index contributed by atoms with van der Waals surface area (Å²) in [5.41, 5.74) is 0.746. The molecule has 166 valence electrons. The summed E-state index contributed by atoms with van der Waals surface area (Å²) in [6, 6.07) is 5.29. The van der Waals surface area contributed by atoms with Gasteiger partial charge in [-0.25, -0.2) is 4.79 Å². The summed E-state index contributed by atoms with van der Waals surface area (Å²) in [6.45, 7) is 8.66. The number of rotatable bonds is 10. The second-order valence-corrected chi connectivity index (χ2v) is 9.38. The molecule has 1 fully saturated rings. The molecule has 1 heterocycles. The summed E-state index contributed by atoms with van der Waals surface area (Å²) >= 11 is 6.27. The van der Waals surface area contributed by atoms with Gasteiger partial charge in [-0.1, -0.05) is 42.9 Å². The van der Waals surface area contributed by atoms with Crippen LogP contribution in [-0.4, -0.2) is 42.7 Å². The summed E-state index contributed by atoms with van der Waals surface area (Å²) in [4.78, 5) is 18.1. The molecule has 1 saturated carbocycles. The summed E-state index contributed by atoms with van der Waals surface area (Å²) in [6.07, 6.45) is 3.90. The molecule has 0 saturated heterocycles. The minimum absolute atomic E-state index is 0.291. The fraction of sp³-hybridized carbons (Fsp3) is 0.652. The molecule has 2 atom stereocenters. The Balaban J connectivity index is 1.81. The fourth-order valence-corrected chi connectivity index (χ4v) is 3.38. The lowest BCUT2D eigenvalue weighted by Crippen LogP contribution is -2.36. The molecule has 0 aromatic heterocycles. The average molecular weight is 438 g/mol. The molecule has 2 aliphatic rings. The minimum Gasteiger partial charge on any atom is -0.478 e. The summed E-state index contributed by atoms with van der Waals surface area (Å²) < 4.78 is 17.8. The van der Waals surface area contributed by atoms with Gasteiger partial charge in [-0.05, 0) is 57.7 Å². The van der Waals surface area contributed by atoms with Gasteiger partial charge in [-0.2, -0.15) is 0 Å². The molecule has 1 aliphatic heterocycles. The molecule has 0 N–H and O–H groups in total. The van der Waals surface area contributed by atoms with Crippen molar-refractivity contribution in [3.63, 3.8) is 0 Å². The van der Waals surface area contributed by atoms with Crippen LogP contribution in [0.15, 0.2) is 23.4 Å². The first-order valence-electron chi connectivity index (χ1n) is 10.8. The number of esters is 1. The SMILES string of the molecule is CCCCO[C@@H]1CON=C1c1cc(Cl)ccc1O[C@@H](CC1CC1)C(=O)OC(C)(C)C. The molecule has 0 bridgehead atoms. The maximum Gasteiger partial charge on any atom is 0.347 e. The molecule has 1 aromatic rings. The van der Waals surface area contributed by atoms with Crippen LogP contribution in [0.25, 0.3) is 0 Å². The molecule has 1 aromatic carbocycles. The van der Waals surface area contributed by atoms with Gasteiger partial charge in [-0.15, -0.1) is 0 Å². The number of carbonyl (C=O) groups excluding carboxylic acids is 1. The van der Waals surface area contributed by atoms with E-state index < -0.39 is 11.7 Å². The van der Waals surface area contributed by atoms with Crippen LogP contribution in [0, 0.1) is 5.92 Å². The van der Waals surface area contributed by atoms with E-state index in [0.717, 1.165) is 25.7 Å². The predicted molar refractivity (Wildman–Crippen MR) is 116 cm³/mol. The molecule has 1 aliphatic carbocycles. The Morgan fingerprint density at radius 1 is 1.33 bits per heavy atom. The molecule has 0 amide bonds. The van der Waals surface area contributed by atoms with Gasteiger partial charge in [0.25, 0.3) is 0 Å². The fourth-order valence-electron chi connectivity index (χ4n) is 3.21. The largest absolute Gasteiger partial charge is 0.478 e. The number of oxime groups is 1. The zero-order valence-electron chi connectivity index (χ0n) is 18.3. The van der Waals surface area contributed by atoms with E-state index in [1.54, 1.807) is 18.2 Å². The Morgan fingerprint density at radius 2 is 2.10 bits per heavy atom. The van der Waals surface area contributed by atoms with Crippen LogP contribution in [0.1, 0.15) is 65.4 Å². The van der Waals surface area contributed by atoms with Crippen LogP contribution in [0.4, 0.5) is 0 Å². The number of hydrogen-bond donors (Lipinski definition) is 0. The smallest absolute Gasteiger partial charge is 0.347 e. The van der Waals surface area contributed by atoms with Gasteiger partial charge in [0.2, 0.25) is 0 Å². The Labute approximate surface area is 183 Å². The van der Waals surface area contributed by atoms with Crippen molar-refractivity contribution in [2.24, 2.45) is 11.1 Å². The number of unbranched alkanes of at least 4 members (excludes halogenated alkanes) is 1. The van der Waals surface area contributed by atoms with Crippen molar-refractivity contribution in [1.82, 2.24) is 0 Å². The van der Waals surface area contributed by atoms with Crippen molar-refractivity contribution in [2.75, 3.05) is 13.2 Å². The third kappa shape index (κ3) is 6.61.